The van der Waals surface area contributed by atoms with E-state index in [1.165, 1.54) is 0 Å². The van der Waals surface area contributed by atoms with Crippen LogP contribution in [0, 0.1) is 6.92 Å². The maximum Gasteiger partial charge on any atom is 0.138 e. The van der Waals surface area contributed by atoms with Crippen LogP contribution >= 0.6 is 11.8 Å². The molecule has 0 aliphatic heterocycles. The summed E-state index contributed by atoms with van der Waals surface area (Å²) in [6.45, 7) is 3.92. The molecular formula is C9H15N3S. The Bertz CT molecular complexity index is 286. The van der Waals surface area contributed by atoms with Crippen molar-refractivity contribution >= 4 is 11.8 Å². The van der Waals surface area contributed by atoms with Gasteiger partial charge in [-0.1, -0.05) is 0 Å². The van der Waals surface area contributed by atoms with Crippen LogP contribution in [0.15, 0.2) is 6.20 Å². The molecular weight excluding hydrogens is 182 g/mol. The summed E-state index contributed by atoms with van der Waals surface area (Å²) in [7, 11) is 0. The Morgan fingerprint density at radius 1 is 1.62 bits per heavy atom. The lowest BCUT2D eigenvalue weighted by atomic mass is 10.1. The zero-order chi connectivity index (χ0) is 9.84. The van der Waals surface area contributed by atoms with Gasteiger partial charge in [0.25, 0.3) is 0 Å². The second-order valence-corrected chi connectivity index (χ2v) is 3.91. The van der Waals surface area contributed by atoms with Gasteiger partial charge < -0.3 is 5.73 Å². The molecule has 0 aliphatic rings. The quantitative estimate of drug-likeness (QED) is 0.800. The second kappa shape index (κ2) is 4.58. The summed E-state index contributed by atoms with van der Waals surface area (Å²) in [6, 6.07) is 0.0170. The van der Waals surface area contributed by atoms with Gasteiger partial charge in [-0.3, -0.25) is 0 Å². The minimum absolute atomic E-state index is 0.0170. The van der Waals surface area contributed by atoms with E-state index in [4.69, 9.17) is 5.73 Å². The van der Waals surface area contributed by atoms with E-state index in [1.807, 2.05) is 26.3 Å². The van der Waals surface area contributed by atoms with Gasteiger partial charge in [-0.25, -0.2) is 9.97 Å². The van der Waals surface area contributed by atoms with E-state index < -0.39 is 0 Å². The van der Waals surface area contributed by atoms with Crippen LogP contribution in [0.2, 0.25) is 0 Å². The van der Waals surface area contributed by atoms with E-state index in [2.05, 4.69) is 9.97 Å². The third-order valence-corrected chi connectivity index (χ3v) is 2.38. The molecule has 72 valence electrons. The smallest absolute Gasteiger partial charge is 0.138 e. The van der Waals surface area contributed by atoms with Crippen molar-refractivity contribution in [2.45, 2.75) is 25.6 Å². The monoisotopic (exact) mass is 197 g/mol. The Morgan fingerprint density at radius 2 is 2.31 bits per heavy atom. The molecule has 1 heterocycles. The number of hydrogen-bond acceptors (Lipinski definition) is 4. The predicted molar refractivity (Wildman–Crippen MR) is 56.6 cm³/mol. The molecule has 0 fully saturated rings. The van der Waals surface area contributed by atoms with Crippen LogP contribution in [0.5, 0.6) is 0 Å². The number of thioether (sulfide) groups is 1. The molecule has 0 saturated heterocycles. The van der Waals surface area contributed by atoms with Gasteiger partial charge in [0.1, 0.15) is 5.82 Å². The molecule has 1 aromatic heterocycles. The Kier molecular flexibility index (Phi) is 3.69. The van der Waals surface area contributed by atoms with E-state index in [-0.39, 0.29) is 6.04 Å². The molecule has 1 atom stereocenters. The van der Waals surface area contributed by atoms with Crippen LogP contribution in [0.4, 0.5) is 0 Å². The Morgan fingerprint density at radius 3 is 2.77 bits per heavy atom. The minimum atomic E-state index is 0.0170. The van der Waals surface area contributed by atoms with E-state index in [0.717, 1.165) is 22.8 Å². The Labute approximate surface area is 83.2 Å². The molecule has 0 aliphatic carbocycles. The van der Waals surface area contributed by atoms with Crippen molar-refractivity contribution in [3.05, 3.63) is 23.3 Å². The number of rotatable bonds is 3. The van der Waals surface area contributed by atoms with Gasteiger partial charge in [0.15, 0.2) is 0 Å². The molecule has 2 N–H and O–H groups in total. The third kappa shape index (κ3) is 2.67. The first kappa shape index (κ1) is 10.5. The largest absolute Gasteiger partial charge is 0.324 e. The van der Waals surface area contributed by atoms with Crippen molar-refractivity contribution in [1.29, 1.82) is 0 Å². The normalized spacial score (nSPS) is 12.9. The molecule has 0 spiro atoms. The standard InChI is InChI=1S/C9H15N3S/c1-6(10)8-4-11-9(5-13-3)12-7(8)2/h4,6H,5,10H2,1-3H3. The van der Waals surface area contributed by atoms with Gasteiger partial charge in [0.05, 0.1) is 5.75 Å². The fraction of sp³-hybridized carbons (Fsp3) is 0.556. The average Bonchev–Trinajstić information content (AvgIpc) is 2.04. The summed E-state index contributed by atoms with van der Waals surface area (Å²) in [5.41, 5.74) is 7.78. The Hall–Kier alpha value is -0.610. The molecule has 3 nitrogen and oxygen atoms in total. The lowest BCUT2D eigenvalue weighted by Crippen LogP contribution is -2.10. The van der Waals surface area contributed by atoms with Gasteiger partial charge in [0, 0.05) is 23.5 Å². The number of aryl methyl sites for hydroxylation is 1. The predicted octanol–water partition coefficient (Wildman–Crippen LogP) is 1.67. The lowest BCUT2D eigenvalue weighted by Gasteiger charge is -2.08. The lowest BCUT2D eigenvalue weighted by molar-refractivity contribution is 0.781. The van der Waals surface area contributed by atoms with Crippen LogP contribution in [0.1, 0.15) is 30.0 Å². The summed E-state index contributed by atoms with van der Waals surface area (Å²) < 4.78 is 0. The van der Waals surface area contributed by atoms with Gasteiger partial charge in [0.2, 0.25) is 0 Å². The summed E-state index contributed by atoms with van der Waals surface area (Å²) in [5.74, 6) is 1.74. The van der Waals surface area contributed by atoms with Crippen LogP contribution in [-0.2, 0) is 5.75 Å². The molecule has 1 unspecified atom stereocenters. The average molecular weight is 197 g/mol. The molecule has 0 bridgehead atoms. The summed E-state index contributed by atoms with van der Waals surface area (Å²) in [4.78, 5) is 8.61. The molecule has 0 saturated carbocycles. The number of nitrogens with zero attached hydrogens (tertiary/aromatic N) is 2. The topological polar surface area (TPSA) is 51.8 Å². The number of aromatic nitrogens is 2. The van der Waals surface area contributed by atoms with Gasteiger partial charge in [-0.2, -0.15) is 11.8 Å². The van der Waals surface area contributed by atoms with Gasteiger partial charge in [-0.15, -0.1) is 0 Å². The van der Waals surface area contributed by atoms with E-state index in [0.29, 0.717) is 0 Å². The summed E-state index contributed by atoms with van der Waals surface area (Å²) >= 11 is 1.72. The molecule has 0 aromatic carbocycles. The summed E-state index contributed by atoms with van der Waals surface area (Å²) in [5, 5.41) is 0. The second-order valence-electron chi connectivity index (χ2n) is 3.05. The fourth-order valence-corrected chi connectivity index (χ4v) is 1.57. The first-order valence-electron chi connectivity index (χ1n) is 4.22. The molecule has 13 heavy (non-hydrogen) atoms. The van der Waals surface area contributed by atoms with Crippen LogP contribution < -0.4 is 5.73 Å². The van der Waals surface area contributed by atoms with Crippen LogP contribution in [0.25, 0.3) is 0 Å². The van der Waals surface area contributed by atoms with E-state index in [1.54, 1.807) is 11.8 Å². The zero-order valence-electron chi connectivity index (χ0n) is 8.24. The zero-order valence-corrected chi connectivity index (χ0v) is 9.06. The molecule has 0 amide bonds. The highest BCUT2D eigenvalue weighted by Gasteiger charge is 2.06. The molecule has 1 aromatic rings. The highest BCUT2D eigenvalue weighted by Crippen LogP contribution is 2.13. The molecule has 4 heteroatoms. The third-order valence-electron chi connectivity index (χ3n) is 1.83. The SMILES string of the molecule is CSCc1ncc(C(C)N)c(C)n1. The molecule has 1 rings (SSSR count). The Balaban J connectivity index is 2.92. The van der Waals surface area contributed by atoms with Crippen LogP contribution in [-0.4, -0.2) is 16.2 Å². The van der Waals surface area contributed by atoms with Crippen molar-refractivity contribution in [1.82, 2.24) is 9.97 Å². The van der Waals surface area contributed by atoms with Crippen molar-refractivity contribution in [2.75, 3.05) is 6.26 Å². The number of nitrogens with two attached hydrogens (primary N) is 1. The fourth-order valence-electron chi connectivity index (χ4n) is 1.17. The summed E-state index contributed by atoms with van der Waals surface area (Å²) in [6.07, 6.45) is 3.87. The van der Waals surface area contributed by atoms with Gasteiger partial charge in [-0.05, 0) is 20.1 Å². The maximum absolute atomic E-state index is 5.75. The van der Waals surface area contributed by atoms with Crippen molar-refractivity contribution in [2.24, 2.45) is 5.73 Å². The van der Waals surface area contributed by atoms with E-state index in [9.17, 15) is 0 Å². The van der Waals surface area contributed by atoms with Crippen molar-refractivity contribution < 1.29 is 0 Å². The first-order valence-corrected chi connectivity index (χ1v) is 5.61. The van der Waals surface area contributed by atoms with Gasteiger partial charge >= 0.3 is 0 Å². The highest BCUT2D eigenvalue weighted by atomic mass is 32.2. The number of hydrogen-bond donors (Lipinski definition) is 1. The molecule has 0 radical (unpaired) electrons. The maximum atomic E-state index is 5.75. The van der Waals surface area contributed by atoms with E-state index >= 15 is 0 Å². The first-order chi connectivity index (χ1) is 6.15. The minimum Gasteiger partial charge on any atom is -0.324 e. The van der Waals surface area contributed by atoms with Crippen LogP contribution in [0.3, 0.4) is 0 Å². The van der Waals surface area contributed by atoms with Crippen molar-refractivity contribution in [3.8, 4) is 0 Å². The van der Waals surface area contributed by atoms with Crippen molar-refractivity contribution in [3.63, 3.8) is 0 Å². The highest BCUT2D eigenvalue weighted by molar-refractivity contribution is 7.97.